The quantitative estimate of drug-likeness (QED) is 0.542. The van der Waals surface area contributed by atoms with E-state index in [1.54, 1.807) is 0 Å². The number of benzene rings is 1. The minimum atomic E-state index is -0.569. The molecule has 2 aromatic heterocycles. The van der Waals surface area contributed by atoms with E-state index in [4.69, 9.17) is 10.00 Å². The predicted octanol–water partition coefficient (Wildman–Crippen LogP) is 4.52. The number of hydrogen-bond acceptors (Lipinski definition) is 9. The van der Waals surface area contributed by atoms with E-state index in [1.807, 2.05) is 31.7 Å². The highest BCUT2D eigenvalue weighted by Gasteiger charge is 2.45. The number of nitrogens with zero attached hydrogens (tertiary/aromatic N) is 6. The first-order chi connectivity index (χ1) is 17.2. The number of rotatable bonds is 4. The number of nitriles is 1. The zero-order chi connectivity index (χ0) is 25.4. The number of piperidine rings is 1. The van der Waals surface area contributed by atoms with E-state index in [2.05, 4.69) is 30.6 Å². The smallest absolute Gasteiger partial charge is 0.410 e. The minimum absolute atomic E-state index is 0.0987. The topological polar surface area (TPSA) is 129 Å². The van der Waals surface area contributed by atoms with Gasteiger partial charge in [0.2, 0.25) is 0 Å². The minimum Gasteiger partial charge on any atom is -0.444 e. The number of ether oxygens (including phenoxy) is 1. The maximum absolute atomic E-state index is 14.4. The molecule has 3 aromatic rings. The van der Waals surface area contributed by atoms with Gasteiger partial charge in [0.25, 0.3) is 0 Å². The Morgan fingerprint density at radius 2 is 1.72 bits per heavy atom. The Morgan fingerprint density at radius 1 is 1.08 bits per heavy atom. The van der Waals surface area contributed by atoms with Crippen molar-refractivity contribution in [2.75, 3.05) is 10.6 Å². The third-order valence-electron chi connectivity index (χ3n) is 6.45. The van der Waals surface area contributed by atoms with Crippen molar-refractivity contribution in [3.05, 3.63) is 42.2 Å². The van der Waals surface area contributed by atoms with Crippen molar-refractivity contribution in [3.63, 3.8) is 0 Å². The number of amides is 1. The lowest BCUT2D eigenvalue weighted by molar-refractivity contribution is 0.00683. The number of halogens is 1. The summed E-state index contributed by atoms with van der Waals surface area (Å²) < 4.78 is 20.1. The Bertz CT molecular complexity index is 1340. The van der Waals surface area contributed by atoms with Crippen LogP contribution in [-0.2, 0) is 4.74 Å². The van der Waals surface area contributed by atoms with Crippen molar-refractivity contribution >= 4 is 34.4 Å². The zero-order valence-corrected chi connectivity index (χ0v) is 20.3. The average Bonchev–Trinajstić information content (AvgIpc) is 3.10. The molecule has 2 aliphatic rings. The average molecular weight is 491 g/mol. The number of carbonyl (C=O) groups is 1. The van der Waals surface area contributed by atoms with Gasteiger partial charge < -0.3 is 20.3 Å². The molecular weight excluding hydrogens is 463 g/mol. The van der Waals surface area contributed by atoms with Crippen LogP contribution < -0.4 is 10.6 Å². The molecular formula is C25H27FN8O2. The second-order valence-electron chi connectivity index (χ2n) is 10.2. The Hall–Kier alpha value is -4.07. The first-order valence-electron chi connectivity index (χ1n) is 11.9. The molecule has 186 valence electrons. The summed E-state index contributed by atoms with van der Waals surface area (Å²) in [4.78, 5) is 32.0. The summed E-state index contributed by atoms with van der Waals surface area (Å²) in [5.41, 5.74) is 0.815. The molecule has 1 amide bonds. The van der Waals surface area contributed by atoms with Crippen molar-refractivity contribution in [2.45, 2.75) is 70.2 Å². The molecule has 1 aromatic carbocycles. The number of fused-ring (bicyclic) bond motifs is 3. The molecule has 2 fully saturated rings. The molecule has 0 aliphatic carbocycles. The van der Waals surface area contributed by atoms with Gasteiger partial charge in [0, 0.05) is 18.1 Å². The molecule has 4 heterocycles. The molecule has 0 saturated carbocycles. The number of aromatic nitrogens is 4. The monoisotopic (exact) mass is 490 g/mol. The van der Waals surface area contributed by atoms with Gasteiger partial charge in [0.05, 0.1) is 17.3 Å². The molecule has 11 heteroatoms. The van der Waals surface area contributed by atoms with Gasteiger partial charge in [0.15, 0.2) is 11.6 Å². The second-order valence-corrected chi connectivity index (χ2v) is 10.2. The summed E-state index contributed by atoms with van der Waals surface area (Å²) in [7, 11) is 0. The van der Waals surface area contributed by atoms with E-state index in [0.717, 1.165) is 31.7 Å². The molecule has 10 nitrogen and oxygen atoms in total. The number of carbonyl (C=O) groups excluding carboxylic acids is 1. The van der Waals surface area contributed by atoms with E-state index in [0.29, 0.717) is 22.7 Å². The normalized spacial score (nSPS) is 21.2. The van der Waals surface area contributed by atoms with E-state index < -0.39 is 11.4 Å². The number of hydrogen-bond donors (Lipinski definition) is 2. The van der Waals surface area contributed by atoms with Gasteiger partial charge in [-0.2, -0.15) is 5.26 Å². The van der Waals surface area contributed by atoms with Gasteiger partial charge >= 0.3 is 6.09 Å². The van der Waals surface area contributed by atoms with Crippen molar-refractivity contribution in [3.8, 4) is 6.07 Å². The van der Waals surface area contributed by atoms with Crippen molar-refractivity contribution in [1.82, 2.24) is 24.8 Å². The number of anilines is 3. The Kier molecular flexibility index (Phi) is 6.04. The highest BCUT2D eigenvalue weighted by atomic mass is 19.1. The second kappa shape index (κ2) is 9.18. The molecule has 0 spiro atoms. The van der Waals surface area contributed by atoms with Crippen LogP contribution >= 0.6 is 0 Å². The summed E-state index contributed by atoms with van der Waals surface area (Å²) in [6.45, 7) is 5.63. The fraction of sp³-hybridized carbons (Fsp3) is 0.440. The molecule has 3 atom stereocenters. The van der Waals surface area contributed by atoms with Crippen LogP contribution in [0.2, 0.25) is 0 Å². The van der Waals surface area contributed by atoms with Crippen LogP contribution in [0.3, 0.4) is 0 Å². The van der Waals surface area contributed by atoms with Crippen LogP contribution in [0.15, 0.2) is 30.9 Å². The fourth-order valence-electron chi connectivity index (χ4n) is 4.99. The van der Waals surface area contributed by atoms with Crippen LogP contribution in [0.25, 0.3) is 11.0 Å². The Balaban J connectivity index is 1.34. The van der Waals surface area contributed by atoms with Crippen molar-refractivity contribution in [1.29, 1.82) is 5.26 Å². The van der Waals surface area contributed by atoms with Crippen molar-refractivity contribution in [2.24, 2.45) is 0 Å². The van der Waals surface area contributed by atoms with Gasteiger partial charge in [-0.15, -0.1) is 0 Å². The van der Waals surface area contributed by atoms with E-state index in [1.165, 1.54) is 24.8 Å². The molecule has 2 N–H and O–H groups in total. The molecule has 1 unspecified atom stereocenters. The van der Waals surface area contributed by atoms with Gasteiger partial charge in [0.1, 0.15) is 35.1 Å². The molecule has 0 radical (unpaired) electrons. The maximum Gasteiger partial charge on any atom is 0.410 e. The van der Waals surface area contributed by atoms with E-state index in [-0.39, 0.29) is 35.5 Å². The van der Waals surface area contributed by atoms with Gasteiger partial charge in [-0.3, -0.25) is 0 Å². The Labute approximate surface area is 207 Å². The summed E-state index contributed by atoms with van der Waals surface area (Å²) in [5.74, 6) is 0.315. The lowest BCUT2D eigenvalue weighted by Crippen LogP contribution is -2.51. The largest absolute Gasteiger partial charge is 0.444 e. The summed E-state index contributed by atoms with van der Waals surface area (Å²) in [6.07, 6.45) is 5.97. The highest BCUT2D eigenvalue weighted by Crippen LogP contribution is 2.38. The molecule has 36 heavy (non-hydrogen) atoms. The zero-order valence-electron chi connectivity index (χ0n) is 20.3. The standard InChI is InChI=1S/C25H27FN8O2/c1-25(2,3)36-24(35)34-16-5-6-17(34)10-15(9-16)32-22-20-21(29-12-30-22)23(31-13-28-20)33-19-7-4-14(11-27)8-18(19)26/h4,7-8,12-13,15-17H,5-6,9-10H2,1-3H3,(H,28,31,33)(H,29,30,32)/t15?,16-,17+. The first kappa shape index (κ1) is 23.7. The third-order valence-corrected chi connectivity index (χ3v) is 6.45. The SMILES string of the molecule is CC(C)(C)OC(=O)N1[C@@H]2CC[C@H]1CC(Nc1ncnc3c(Nc4ccc(C#N)cc4F)ncnc13)C2. The van der Waals surface area contributed by atoms with E-state index >= 15 is 0 Å². The highest BCUT2D eigenvalue weighted by molar-refractivity contribution is 5.93. The van der Waals surface area contributed by atoms with E-state index in [9.17, 15) is 9.18 Å². The summed E-state index contributed by atoms with van der Waals surface area (Å²) in [5, 5.41) is 15.4. The summed E-state index contributed by atoms with van der Waals surface area (Å²) >= 11 is 0. The lowest BCUT2D eigenvalue weighted by atomic mass is 9.97. The van der Waals surface area contributed by atoms with Crippen LogP contribution in [0.4, 0.5) is 26.5 Å². The first-order valence-corrected chi connectivity index (χ1v) is 11.9. The van der Waals surface area contributed by atoms with Crippen LogP contribution in [-0.4, -0.2) is 54.7 Å². The maximum atomic E-state index is 14.4. The van der Waals surface area contributed by atoms with Gasteiger partial charge in [-0.25, -0.2) is 29.1 Å². The van der Waals surface area contributed by atoms with Crippen molar-refractivity contribution < 1.29 is 13.9 Å². The number of nitrogens with one attached hydrogen (secondary N) is 2. The third kappa shape index (κ3) is 4.71. The lowest BCUT2D eigenvalue weighted by Gasteiger charge is -2.39. The Morgan fingerprint density at radius 3 is 2.33 bits per heavy atom. The van der Waals surface area contributed by atoms with Crippen LogP contribution in [0, 0.1) is 17.1 Å². The summed E-state index contributed by atoms with van der Waals surface area (Å²) in [6, 6.07) is 6.39. The molecule has 2 bridgehead atoms. The predicted molar refractivity (Wildman–Crippen MR) is 131 cm³/mol. The van der Waals surface area contributed by atoms with Crippen LogP contribution in [0.5, 0.6) is 0 Å². The molecule has 5 rings (SSSR count). The fourth-order valence-corrected chi connectivity index (χ4v) is 4.99. The van der Waals surface area contributed by atoms with Gasteiger partial charge in [-0.1, -0.05) is 0 Å². The van der Waals surface area contributed by atoms with Crippen LogP contribution in [0.1, 0.15) is 52.0 Å². The molecule has 2 aliphatic heterocycles. The molecule has 2 saturated heterocycles. The van der Waals surface area contributed by atoms with Gasteiger partial charge in [-0.05, 0) is 64.7 Å².